The Balaban J connectivity index is 2.03. The fourth-order valence-corrected chi connectivity index (χ4v) is 2.71. The number of hydrazone groups is 1. The van der Waals surface area contributed by atoms with Crippen molar-refractivity contribution in [1.29, 1.82) is 0 Å². The predicted molar refractivity (Wildman–Crippen MR) is 109 cm³/mol. The van der Waals surface area contributed by atoms with E-state index in [0.29, 0.717) is 17.7 Å². The summed E-state index contributed by atoms with van der Waals surface area (Å²) in [5, 5.41) is 3.92. The molecule has 0 saturated heterocycles. The number of carbonyl (C=O) groups is 1. The van der Waals surface area contributed by atoms with Gasteiger partial charge in [0.05, 0.1) is 12.8 Å². The molecule has 0 radical (unpaired) electrons. The summed E-state index contributed by atoms with van der Waals surface area (Å²) in [7, 11) is 0. The second-order valence-corrected chi connectivity index (χ2v) is 5.94. The molecule has 29 heavy (non-hydrogen) atoms. The van der Waals surface area contributed by atoms with Gasteiger partial charge in [-0.25, -0.2) is 5.43 Å². The largest absolute Gasteiger partial charge is 0.490 e. The van der Waals surface area contributed by atoms with Crippen LogP contribution >= 0.6 is 0 Å². The zero-order chi connectivity index (χ0) is 21.2. The molecule has 0 atom stereocenters. The van der Waals surface area contributed by atoms with Crippen LogP contribution in [0.5, 0.6) is 11.5 Å². The quantitative estimate of drug-likeness (QED) is 0.473. The van der Waals surface area contributed by atoms with Crippen molar-refractivity contribution in [2.45, 2.75) is 27.4 Å². The highest BCUT2D eigenvalue weighted by molar-refractivity contribution is 5.95. The number of ether oxygens (including phenoxy) is 2. The maximum absolute atomic E-state index is 12.4. The number of amides is 1. The lowest BCUT2D eigenvalue weighted by molar-refractivity contribution is -0.0514. The second-order valence-electron chi connectivity index (χ2n) is 5.94. The molecule has 0 heterocycles. The van der Waals surface area contributed by atoms with E-state index in [9.17, 15) is 13.6 Å². The predicted octanol–water partition coefficient (Wildman–Crippen LogP) is 4.30. The smallest absolute Gasteiger partial charge is 0.387 e. The molecule has 8 heteroatoms. The average molecular weight is 405 g/mol. The van der Waals surface area contributed by atoms with Crippen molar-refractivity contribution in [2.75, 3.05) is 24.6 Å². The fourth-order valence-electron chi connectivity index (χ4n) is 2.71. The standard InChI is InChI=1S/C21H25F2N3O3/c1-4-26(5-2)17-10-8-16(9-11-17)20(27)25-24-14-15-7-12-18(29-21(22)23)19(13-15)28-6-3/h7-14,21H,4-6H2,1-3H3,(H,25,27)/b24-14-. The fraction of sp³-hybridized carbons (Fsp3) is 0.333. The minimum Gasteiger partial charge on any atom is -0.490 e. The Morgan fingerprint density at radius 1 is 1.10 bits per heavy atom. The Morgan fingerprint density at radius 2 is 1.79 bits per heavy atom. The Morgan fingerprint density at radius 3 is 2.38 bits per heavy atom. The second kappa shape index (κ2) is 11.0. The first-order valence-corrected chi connectivity index (χ1v) is 9.38. The normalized spacial score (nSPS) is 11.0. The van der Waals surface area contributed by atoms with Crippen LogP contribution in [-0.4, -0.2) is 38.4 Å². The number of hydrogen-bond acceptors (Lipinski definition) is 5. The third-order valence-electron chi connectivity index (χ3n) is 4.12. The Bertz CT molecular complexity index is 822. The highest BCUT2D eigenvalue weighted by Gasteiger charge is 2.11. The summed E-state index contributed by atoms with van der Waals surface area (Å²) in [5.74, 6) is -0.235. The number of nitrogens with one attached hydrogen (secondary N) is 1. The lowest BCUT2D eigenvalue weighted by atomic mass is 10.2. The molecular formula is C21H25F2N3O3. The topological polar surface area (TPSA) is 63.2 Å². The van der Waals surface area contributed by atoms with Crippen LogP contribution in [0.2, 0.25) is 0 Å². The van der Waals surface area contributed by atoms with Crippen molar-refractivity contribution in [2.24, 2.45) is 5.10 Å². The third-order valence-corrected chi connectivity index (χ3v) is 4.12. The van der Waals surface area contributed by atoms with E-state index in [0.717, 1.165) is 18.8 Å². The van der Waals surface area contributed by atoms with E-state index in [1.54, 1.807) is 19.1 Å². The van der Waals surface area contributed by atoms with Crippen LogP contribution in [0.4, 0.5) is 14.5 Å². The number of alkyl halides is 2. The summed E-state index contributed by atoms with van der Waals surface area (Å²) < 4.78 is 34.6. The van der Waals surface area contributed by atoms with Crippen molar-refractivity contribution in [3.63, 3.8) is 0 Å². The maximum Gasteiger partial charge on any atom is 0.387 e. The molecule has 0 aromatic heterocycles. The Kier molecular flexibility index (Phi) is 8.39. The first kappa shape index (κ1) is 22.1. The molecule has 0 aliphatic rings. The van der Waals surface area contributed by atoms with E-state index < -0.39 is 6.61 Å². The molecule has 2 rings (SSSR count). The minimum atomic E-state index is -2.94. The van der Waals surface area contributed by atoms with E-state index >= 15 is 0 Å². The molecule has 0 spiro atoms. The molecular weight excluding hydrogens is 380 g/mol. The van der Waals surface area contributed by atoms with Crippen molar-refractivity contribution in [1.82, 2.24) is 5.43 Å². The average Bonchev–Trinajstić information content (AvgIpc) is 2.71. The monoisotopic (exact) mass is 405 g/mol. The molecule has 0 saturated carbocycles. The highest BCUT2D eigenvalue weighted by Crippen LogP contribution is 2.29. The first-order chi connectivity index (χ1) is 14.0. The molecule has 156 valence electrons. The highest BCUT2D eigenvalue weighted by atomic mass is 19.3. The van der Waals surface area contributed by atoms with Gasteiger partial charge in [0, 0.05) is 24.3 Å². The molecule has 0 aliphatic carbocycles. The van der Waals surface area contributed by atoms with Gasteiger partial charge in [-0.05, 0) is 68.8 Å². The molecule has 6 nitrogen and oxygen atoms in total. The number of anilines is 1. The molecule has 0 unspecified atom stereocenters. The van der Waals surface area contributed by atoms with Crippen LogP contribution in [0.15, 0.2) is 47.6 Å². The number of rotatable bonds is 10. The van der Waals surface area contributed by atoms with E-state index in [4.69, 9.17) is 4.74 Å². The molecule has 0 fully saturated rings. The van der Waals surface area contributed by atoms with Gasteiger partial charge in [-0.1, -0.05) is 0 Å². The van der Waals surface area contributed by atoms with Crippen LogP contribution in [0.1, 0.15) is 36.7 Å². The summed E-state index contributed by atoms with van der Waals surface area (Å²) in [5.41, 5.74) is 4.54. The summed E-state index contributed by atoms with van der Waals surface area (Å²) in [6.07, 6.45) is 1.40. The van der Waals surface area contributed by atoms with Gasteiger partial charge in [0.2, 0.25) is 0 Å². The number of hydrogen-bond donors (Lipinski definition) is 1. The van der Waals surface area contributed by atoms with Gasteiger partial charge in [0.15, 0.2) is 11.5 Å². The first-order valence-electron chi connectivity index (χ1n) is 9.38. The van der Waals surface area contributed by atoms with Gasteiger partial charge in [-0.3, -0.25) is 4.79 Å². The molecule has 0 aliphatic heterocycles. The lowest BCUT2D eigenvalue weighted by Gasteiger charge is -2.20. The summed E-state index contributed by atoms with van der Waals surface area (Å²) >= 11 is 0. The van der Waals surface area contributed by atoms with Crippen molar-refractivity contribution in [3.8, 4) is 11.5 Å². The molecule has 1 N–H and O–H groups in total. The van der Waals surface area contributed by atoms with Gasteiger partial charge >= 0.3 is 6.61 Å². The summed E-state index contributed by atoms with van der Waals surface area (Å²) in [6.45, 7) is 5.00. The van der Waals surface area contributed by atoms with Crippen molar-refractivity contribution >= 4 is 17.8 Å². The number of nitrogens with zero attached hydrogens (tertiary/aromatic N) is 2. The summed E-state index contributed by atoms with van der Waals surface area (Å²) in [4.78, 5) is 14.4. The zero-order valence-electron chi connectivity index (χ0n) is 16.7. The summed E-state index contributed by atoms with van der Waals surface area (Å²) in [6, 6.07) is 11.7. The van der Waals surface area contributed by atoms with E-state index in [-0.39, 0.29) is 17.4 Å². The van der Waals surface area contributed by atoms with Crippen molar-refractivity contribution in [3.05, 3.63) is 53.6 Å². The van der Waals surface area contributed by atoms with Crippen LogP contribution < -0.4 is 19.8 Å². The molecule has 1 amide bonds. The zero-order valence-corrected chi connectivity index (χ0v) is 16.7. The minimum absolute atomic E-state index is 0.0590. The van der Waals surface area contributed by atoms with Crippen LogP contribution in [0.3, 0.4) is 0 Å². The van der Waals surface area contributed by atoms with Crippen molar-refractivity contribution < 1.29 is 23.0 Å². The van der Waals surface area contributed by atoms with Gasteiger partial charge in [-0.15, -0.1) is 0 Å². The maximum atomic E-state index is 12.4. The molecule has 2 aromatic rings. The third kappa shape index (κ3) is 6.44. The SMILES string of the molecule is CCOc1cc(/C=N\NC(=O)c2ccc(N(CC)CC)cc2)ccc1OC(F)F. The molecule has 2 aromatic carbocycles. The van der Waals surface area contributed by atoms with Crippen LogP contribution in [0.25, 0.3) is 0 Å². The van der Waals surface area contributed by atoms with Gasteiger partial charge in [-0.2, -0.15) is 13.9 Å². The van der Waals surface area contributed by atoms with Gasteiger partial charge < -0.3 is 14.4 Å². The van der Waals surface area contributed by atoms with E-state index in [1.807, 2.05) is 12.1 Å². The van der Waals surface area contributed by atoms with Gasteiger partial charge in [0.25, 0.3) is 5.91 Å². The van der Waals surface area contributed by atoms with E-state index in [1.165, 1.54) is 24.4 Å². The lowest BCUT2D eigenvalue weighted by Crippen LogP contribution is -2.22. The van der Waals surface area contributed by atoms with E-state index in [2.05, 4.69) is 34.0 Å². The van der Waals surface area contributed by atoms with Gasteiger partial charge in [0.1, 0.15) is 0 Å². The van der Waals surface area contributed by atoms with Crippen LogP contribution in [-0.2, 0) is 0 Å². The Hall–Kier alpha value is -3.16. The van der Waals surface area contributed by atoms with Crippen LogP contribution in [0, 0.1) is 0 Å². The Labute approximate surface area is 169 Å². The number of halogens is 2. The number of carbonyl (C=O) groups excluding carboxylic acids is 1. The number of benzene rings is 2. The molecule has 0 bridgehead atoms.